The Morgan fingerprint density at radius 3 is 2.27 bits per heavy atom. The van der Waals surface area contributed by atoms with Crippen LogP contribution in [0, 0.1) is 5.82 Å². The number of sulfonamides is 1. The molecule has 5 nitrogen and oxygen atoms in total. The van der Waals surface area contributed by atoms with Crippen LogP contribution in [0.4, 0.5) is 10.1 Å². The van der Waals surface area contributed by atoms with Gasteiger partial charge in [-0.3, -0.25) is 4.72 Å². The molecule has 0 radical (unpaired) electrons. The van der Waals surface area contributed by atoms with Crippen LogP contribution in [-0.4, -0.2) is 18.4 Å². The first-order valence-electron chi connectivity index (χ1n) is 6.42. The molecule has 0 saturated carbocycles. The van der Waals surface area contributed by atoms with E-state index in [1.54, 1.807) is 36.8 Å². The number of hydrogen-bond donors (Lipinski definition) is 2. The maximum atomic E-state index is 12.9. The number of benzene rings is 2. The molecule has 7 heteroatoms. The third-order valence-corrected chi connectivity index (χ3v) is 4.47. The first kappa shape index (κ1) is 14.3. The molecule has 0 amide bonds. The highest BCUT2D eigenvalue weighted by Gasteiger charge is 2.14. The molecular formula is C15H12FN3O2S. The van der Waals surface area contributed by atoms with Crippen molar-refractivity contribution in [1.82, 2.24) is 9.97 Å². The minimum atomic E-state index is -3.73. The number of nitrogens with one attached hydrogen (secondary N) is 2. The summed E-state index contributed by atoms with van der Waals surface area (Å²) in [6.07, 6.45) is 3.25. The molecule has 0 bridgehead atoms. The van der Waals surface area contributed by atoms with Gasteiger partial charge < -0.3 is 4.98 Å². The van der Waals surface area contributed by atoms with Crippen molar-refractivity contribution >= 4 is 15.7 Å². The van der Waals surface area contributed by atoms with E-state index in [-0.39, 0.29) is 4.90 Å². The summed E-state index contributed by atoms with van der Waals surface area (Å²) >= 11 is 0. The van der Waals surface area contributed by atoms with Crippen molar-refractivity contribution < 1.29 is 12.8 Å². The fraction of sp³-hybridized carbons (Fsp3) is 0. The second kappa shape index (κ2) is 5.61. The smallest absolute Gasteiger partial charge is 0.261 e. The first-order chi connectivity index (χ1) is 10.5. The van der Waals surface area contributed by atoms with E-state index in [0.717, 1.165) is 23.4 Å². The van der Waals surface area contributed by atoms with Gasteiger partial charge in [0.25, 0.3) is 10.0 Å². The lowest BCUT2D eigenvalue weighted by atomic mass is 10.1. The van der Waals surface area contributed by atoms with E-state index in [2.05, 4.69) is 14.7 Å². The van der Waals surface area contributed by atoms with Gasteiger partial charge in [0.2, 0.25) is 0 Å². The molecule has 0 aliphatic rings. The first-order valence-corrected chi connectivity index (χ1v) is 7.90. The monoisotopic (exact) mass is 317 g/mol. The molecule has 2 N–H and O–H groups in total. The van der Waals surface area contributed by atoms with Crippen LogP contribution in [0.5, 0.6) is 0 Å². The second-order valence-electron chi connectivity index (χ2n) is 4.60. The number of aromatic amines is 1. The maximum Gasteiger partial charge on any atom is 0.261 e. The highest BCUT2D eigenvalue weighted by Crippen LogP contribution is 2.21. The van der Waals surface area contributed by atoms with Crippen molar-refractivity contribution in [3.05, 3.63) is 66.9 Å². The van der Waals surface area contributed by atoms with Crippen LogP contribution < -0.4 is 4.72 Å². The zero-order valence-electron chi connectivity index (χ0n) is 11.3. The minimum absolute atomic E-state index is 0.00606. The lowest BCUT2D eigenvalue weighted by molar-refractivity contribution is 0.599. The van der Waals surface area contributed by atoms with E-state index < -0.39 is 15.8 Å². The van der Waals surface area contributed by atoms with Crippen LogP contribution in [0.15, 0.2) is 66.0 Å². The van der Waals surface area contributed by atoms with Gasteiger partial charge >= 0.3 is 0 Å². The summed E-state index contributed by atoms with van der Waals surface area (Å²) in [6, 6.07) is 11.5. The number of aromatic nitrogens is 2. The highest BCUT2D eigenvalue weighted by molar-refractivity contribution is 7.92. The Kier molecular flexibility index (Phi) is 3.64. The van der Waals surface area contributed by atoms with E-state index in [0.29, 0.717) is 5.69 Å². The summed E-state index contributed by atoms with van der Waals surface area (Å²) in [5, 5.41) is 0. The average Bonchev–Trinajstić information content (AvgIpc) is 3.02. The molecule has 0 atom stereocenters. The van der Waals surface area contributed by atoms with Crippen molar-refractivity contribution in [2.75, 3.05) is 4.72 Å². The standard InChI is InChI=1S/C15H12FN3O2S/c16-12-3-7-14(8-4-12)22(20,21)19-13-5-1-11(2-6-13)15-9-17-10-18-15/h1-10,19H,(H,17,18). The largest absolute Gasteiger partial charge is 0.345 e. The Hall–Kier alpha value is -2.67. The maximum absolute atomic E-state index is 12.9. The highest BCUT2D eigenvalue weighted by atomic mass is 32.2. The Morgan fingerprint density at radius 1 is 1.00 bits per heavy atom. The van der Waals surface area contributed by atoms with Gasteiger partial charge in [0, 0.05) is 5.69 Å². The third-order valence-electron chi connectivity index (χ3n) is 3.07. The van der Waals surface area contributed by atoms with Crippen molar-refractivity contribution in [2.45, 2.75) is 4.90 Å². The molecule has 0 spiro atoms. The van der Waals surface area contributed by atoms with Crippen LogP contribution in [-0.2, 0) is 10.0 Å². The van der Waals surface area contributed by atoms with Gasteiger partial charge in [0.1, 0.15) is 5.82 Å². The van der Waals surface area contributed by atoms with E-state index in [4.69, 9.17) is 0 Å². The van der Waals surface area contributed by atoms with Gasteiger partial charge in [-0.1, -0.05) is 12.1 Å². The summed E-state index contributed by atoms with van der Waals surface area (Å²) in [6.45, 7) is 0. The summed E-state index contributed by atoms with van der Waals surface area (Å²) in [4.78, 5) is 6.90. The molecule has 3 aromatic rings. The summed E-state index contributed by atoms with van der Waals surface area (Å²) in [7, 11) is -3.73. The quantitative estimate of drug-likeness (QED) is 0.776. The zero-order chi connectivity index (χ0) is 15.6. The van der Waals surface area contributed by atoms with E-state index in [1.807, 2.05) is 0 Å². The molecule has 0 aliphatic heterocycles. The number of imidazole rings is 1. The molecule has 0 saturated heterocycles. The predicted molar refractivity (Wildman–Crippen MR) is 81.2 cm³/mol. The normalized spacial score (nSPS) is 11.3. The topological polar surface area (TPSA) is 74.8 Å². The van der Waals surface area contributed by atoms with E-state index in [1.165, 1.54) is 12.1 Å². The van der Waals surface area contributed by atoms with E-state index in [9.17, 15) is 12.8 Å². The van der Waals surface area contributed by atoms with Crippen molar-refractivity contribution in [2.24, 2.45) is 0 Å². The van der Waals surface area contributed by atoms with Gasteiger partial charge in [0.15, 0.2) is 0 Å². The van der Waals surface area contributed by atoms with Gasteiger partial charge in [-0.05, 0) is 42.0 Å². The molecule has 2 aromatic carbocycles. The van der Waals surface area contributed by atoms with Crippen LogP contribution >= 0.6 is 0 Å². The van der Waals surface area contributed by atoms with Crippen LogP contribution in [0.2, 0.25) is 0 Å². The number of H-pyrrole nitrogens is 1. The molecule has 3 rings (SSSR count). The number of anilines is 1. The van der Waals surface area contributed by atoms with Crippen LogP contribution in [0.1, 0.15) is 0 Å². The molecule has 22 heavy (non-hydrogen) atoms. The predicted octanol–water partition coefficient (Wildman–Crippen LogP) is 3.02. The van der Waals surface area contributed by atoms with Crippen molar-refractivity contribution in [3.8, 4) is 11.3 Å². The van der Waals surface area contributed by atoms with Gasteiger partial charge in [-0.2, -0.15) is 0 Å². The molecule has 0 fully saturated rings. The molecule has 112 valence electrons. The van der Waals surface area contributed by atoms with Gasteiger partial charge in [-0.15, -0.1) is 0 Å². The fourth-order valence-corrected chi connectivity index (χ4v) is 3.02. The Morgan fingerprint density at radius 2 is 1.68 bits per heavy atom. The van der Waals surface area contributed by atoms with Crippen LogP contribution in [0.25, 0.3) is 11.3 Å². The summed E-state index contributed by atoms with van der Waals surface area (Å²) in [5.41, 5.74) is 2.16. The molecule has 1 aromatic heterocycles. The fourth-order valence-electron chi connectivity index (χ4n) is 1.96. The lowest BCUT2D eigenvalue weighted by Crippen LogP contribution is -2.12. The Bertz CT molecular complexity index is 858. The van der Waals surface area contributed by atoms with Gasteiger partial charge in [0.05, 0.1) is 23.1 Å². The lowest BCUT2D eigenvalue weighted by Gasteiger charge is -2.08. The zero-order valence-corrected chi connectivity index (χ0v) is 12.1. The number of nitrogens with zero attached hydrogens (tertiary/aromatic N) is 1. The summed E-state index contributed by atoms with van der Waals surface area (Å²) < 4.78 is 39.7. The van der Waals surface area contributed by atoms with Crippen molar-refractivity contribution in [3.63, 3.8) is 0 Å². The van der Waals surface area contributed by atoms with Crippen LogP contribution in [0.3, 0.4) is 0 Å². The number of hydrogen-bond acceptors (Lipinski definition) is 3. The molecular weight excluding hydrogens is 305 g/mol. The van der Waals surface area contributed by atoms with Crippen molar-refractivity contribution in [1.29, 1.82) is 0 Å². The Labute approximate surface area is 126 Å². The molecule has 0 unspecified atom stereocenters. The summed E-state index contributed by atoms with van der Waals surface area (Å²) in [5.74, 6) is -0.483. The average molecular weight is 317 g/mol. The second-order valence-corrected chi connectivity index (χ2v) is 6.28. The SMILES string of the molecule is O=S(=O)(Nc1ccc(-c2cnc[nH]2)cc1)c1ccc(F)cc1. The van der Waals surface area contributed by atoms with Gasteiger partial charge in [-0.25, -0.2) is 17.8 Å². The van der Waals surface area contributed by atoms with E-state index >= 15 is 0 Å². The number of rotatable bonds is 4. The third kappa shape index (κ3) is 2.99. The minimum Gasteiger partial charge on any atom is -0.345 e. The molecule has 0 aliphatic carbocycles. The molecule has 1 heterocycles. The Balaban J connectivity index is 1.82. The number of halogens is 1.